The number of nitrogens with two attached hydrogens (primary N) is 1. The van der Waals surface area contributed by atoms with Gasteiger partial charge < -0.3 is 25.8 Å². The second-order valence-corrected chi connectivity index (χ2v) is 19.8. The number of nitrogens with one attached hydrogen (secondary N) is 1. The first-order valence-corrected chi connectivity index (χ1v) is 19.5. The topological polar surface area (TPSA) is 122 Å². The number of piperazine rings is 1. The molecule has 0 aromatic rings. The quantitative estimate of drug-likeness (QED) is 0.196. The number of nitrogens with zero attached hydrogens (tertiary/aromatic N) is 1. The molecular weight excluding hydrogens is 614 g/mol. The summed E-state index contributed by atoms with van der Waals surface area (Å²) in [6.07, 6.45) is 9.67. The third kappa shape index (κ3) is 5.29. The first kappa shape index (κ1) is 36.8. The molecule has 1 saturated heterocycles. The van der Waals surface area contributed by atoms with Crippen molar-refractivity contribution in [3.8, 4) is 0 Å². The molecular formula is C41H67N3O5. The first-order valence-electron chi connectivity index (χ1n) is 19.5. The van der Waals surface area contributed by atoms with Crippen molar-refractivity contribution in [3.63, 3.8) is 0 Å². The van der Waals surface area contributed by atoms with Crippen LogP contribution in [0.1, 0.15) is 132 Å². The Balaban J connectivity index is 1.28. The van der Waals surface area contributed by atoms with Crippen molar-refractivity contribution < 1.29 is 24.2 Å². The number of carboxylic acids is 1. The molecule has 1 aliphatic heterocycles. The fourth-order valence-corrected chi connectivity index (χ4v) is 13.9. The second-order valence-electron chi connectivity index (χ2n) is 19.8. The smallest absolute Gasteiger partial charge is 0.306 e. The average Bonchev–Trinajstić information content (AvgIpc) is 3.41. The molecule has 1 amide bonds. The number of carboxylic acid groups (broad SMARTS) is 1. The van der Waals surface area contributed by atoms with Crippen molar-refractivity contribution in [3.05, 3.63) is 12.2 Å². The van der Waals surface area contributed by atoms with E-state index in [0.717, 1.165) is 90.4 Å². The molecule has 276 valence electrons. The van der Waals surface area contributed by atoms with Crippen LogP contribution in [-0.2, 0) is 19.1 Å². The van der Waals surface area contributed by atoms with E-state index in [0.29, 0.717) is 29.6 Å². The third-order valence-corrected chi connectivity index (χ3v) is 16.9. The summed E-state index contributed by atoms with van der Waals surface area (Å²) in [6, 6.07) is 0. The van der Waals surface area contributed by atoms with Crippen molar-refractivity contribution >= 4 is 17.8 Å². The number of rotatable bonds is 7. The summed E-state index contributed by atoms with van der Waals surface area (Å²) in [7, 11) is 0. The molecule has 0 radical (unpaired) electrons. The van der Waals surface area contributed by atoms with Crippen LogP contribution < -0.4 is 11.1 Å². The summed E-state index contributed by atoms with van der Waals surface area (Å²) in [5.41, 5.74) is 7.17. The number of amides is 1. The number of fused-ring (bicyclic) bond motifs is 7. The molecule has 5 aliphatic carbocycles. The molecule has 0 aromatic carbocycles. The van der Waals surface area contributed by atoms with E-state index in [2.05, 4.69) is 58.3 Å². The Bertz CT molecular complexity index is 1370. The fraction of sp³-hybridized carbons (Fsp3) is 0.878. The van der Waals surface area contributed by atoms with Crippen LogP contribution in [0.3, 0.4) is 0 Å². The van der Waals surface area contributed by atoms with Crippen molar-refractivity contribution in [2.24, 2.45) is 61.9 Å². The van der Waals surface area contributed by atoms with Gasteiger partial charge in [0.2, 0.25) is 5.91 Å². The third-order valence-electron chi connectivity index (χ3n) is 16.9. The first-order chi connectivity index (χ1) is 22.7. The molecule has 0 spiro atoms. The van der Waals surface area contributed by atoms with Crippen LogP contribution in [0.15, 0.2) is 12.2 Å². The molecule has 10 atom stereocenters. The molecule has 4 N–H and O–H groups in total. The highest BCUT2D eigenvalue weighted by atomic mass is 16.5. The van der Waals surface area contributed by atoms with Crippen molar-refractivity contribution in [2.45, 2.75) is 144 Å². The highest BCUT2D eigenvalue weighted by Gasteiger charge is 2.75. The van der Waals surface area contributed by atoms with Gasteiger partial charge in [0.15, 0.2) is 0 Å². The molecule has 1 heterocycles. The predicted octanol–water partition coefficient (Wildman–Crippen LogP) is 6.96. The van der Waals surface area contributed by atoms with Crippen LogP contribution in [0.5, 0.6) is 0 Å². The summed E-state index contributed by atoms with van der Waals surface area (Å²) < 4.78 is 6.26. The molecule has 6 rings (SSSR count). The molecule has 8 heteroatoms. The van der Waals surface area contributed by atoms with E-state index in [9.17, 15) is 19.5 Å². The summed E-state index contributed by atoms with van der Waals surface area (Å²) in [4.78, 5) is 41.5. The number of esters is 1. The van der Waals surface area contributed by atoms with Crippen LogP contribution in [0, 0.1) is 56.2 Å². The Morgan fingerprint density at radius 2 is 1.53 bits per heavy atom. The highest BCUT2D eigenvalue weighted by Crippen LogP contribution is 2.78. The van der Waals surface area contributed by atoms with Crippen LogP contribution in [0.25, 0.3) is 0 Å². The lowest BCUT2D eigenvalue weighted by atomic mass is 9.30. The maximum absolute atomic E-state index is 14.6. The number of hydrogen-bond acceptors (Lipinski definition) is 6. The minimum absolute atomic E-state index is 0.0753. The highest BCUT2D eigenvalue weighted by molar-refractivity contribution is 5.84. The van der Waals surface area contributed by atoms with Gasteiger partial charge in [0.25, 0.3) is 0 Å². The van der Waals surface area contributed by atoms with Gasteiger partial charge in [0.1, 0.15) is 6.10 Å². The number of carbonyl (C=O) groups is 3. The standard InChI is InChI=1S/C41H67N3O5/c1-26(2)27-12-15-40(34(48)44-22-20-43-21-23-44)18-16-37(7)28(33(27)40)10-11-29-38(37,8)17-19-41(42)36(5,6)30(13-14-39(29,41)9)49-32(47)25-35(3,4)24-31(45)46/h27-30,33,43H,1,10-25,42H2,2-9H3,(H,45,46)/t27-,28?,29-,30?,33+,37+,38?,39+,40-,41+/m0/s1. The van der Waals surface area contributed by atoms with Gasteiger partial charge in [-0.1, -0.05) is 60.6 Å². The maximum Gasteiger partial charge on any atom is 0.306 e. The number of allylic oxidation sites excluding steroid dienone is 1. The van der Waals surface area contributed by atoms with E-state index >= 15 is 0 Å². The Hall–Kier alpha value is -1.93. The Morgan fingerprint density at radius 3 is 2.16 bits per heavy atom. The minimum Gasteiger partial charge on any atom is -0.481 e. The maximum atomic E-state index is 14.6. The Morgan fingerprint density at radius 1 is 0.878 bits per heavy atom. The number of ether oxygens (including phenoxy) is 1. The number of carbonyl (C=O) groups excluding carboxylic acids is 2. The summed E-state index contributed by atoms with van der Waals surface area (Å²) in [6.45, 7) is 25.8. The predicted molar refractivity (Wildman–Crippen MR) is 192 cm³/mol. The zero-order valence-corrected chi connectivity index (χ0v) is 32.0. The molecule has 6 aliphatic rings. The monoisotopic (exact) mass is 682 g/mol. The van der Waals surface area contributed by atoms with E-state index in [1.807, 2.05) is 13.8 Å². The zero-order chi connectivity index (χ0) is 36.0. The van der Waals surface area contributed by atoms with E-state index in [4.69, 9.17) is 10.5 Å². The van der Waals surface area contributed by atoms with Crippen LogP contribution >= 0.6 is 0 Å². The molecule has 3 unspecified atom stereocenters. The second kappa shape index (κ2) is 12.1. The van der Waals surface area contributed by atoms with Crippen LogP contribution in [0.2, 0.25) is 0 Å². The largest absolute Gasteiger partial charge is 0.481 e. The van der Waals surface area contributed by atoms with E-state index in [1.165, 1.54) is 5.57 Å². The van der Waals surface area contributed by atoms with Gasteiger partial charge in [-0.25, -0.2) is 0 Å². The van der Waals surface area contributed by atoms with E-state index in [-0.39, 0.29) is 46.6 Å². The Labute approximate surface area is 296 Å². The summed E-state index contributed by atoms with van der Waals surface area (Å²) in [5.74, 6) is 0.856. The molecule has 0 bridgehead atoms. The Kier molecular flexibility index (Phi) is 9.07. The normalized spacial score (nSPS) is 44.5. The van der Waals surface area contributed by atoms with Crippen molar-refractivity contribution in [1.29, 1.82) is 0 Å². The summed E-state index contributed by atoms with van der Waals surface area (Å²) >= 11 is 0. The average molecular weight is 682 g/mol. The van der Waals surface area contributed by atoms with Gasteiger partial charge in [0, 0.05) is 37.1 Å². The van der Waals surface area contributed by atoms with E-state index in [1.54, 1.807) is 0 Å². The molecule has 6 fully saturated rings. The number of aliphatic carboxylic acids is 1. The lowest BCUT2D eigenvalue weighted by molar-refractivity contribution is -0.257. The lowest BCUT2D eigenvalue weighted by Crippen LogP contribution is -2.77. The fourth-order valence-electron chi connectivity index (χ4n) is 13.9. The molecule has 8 nitrogen and oxygen atoms in total. The van der Waals surface area contributed by atoms with Gasteiger partial charge >= 0.3 is 11.9 Å². The zero-order valence-electron chi connectivity index (χ0n) is 32.0. The van der Waals surface area contributed by atoms with Gasteiger partial charge in [-0.3, -0.25) is 14.4 Å². The SMILES string of the molecule is C=C(C)[C@@H]1CC[C@]2(C(=O)N3CCNCC3)CC[C@]3(C)C(CC[C@H]4C3(C)CC[C@@]3(N)C(C)(C)C(OC(=O)CC(C)(C)CC(=O)O)CC[C@]43C)[C@@H]12. The van der Waals surface area contributed by atoms with Crippen LogP contribution in [-0.4, -0.2) is 65.7 Å². The molecule has 0 aromatic heterocycles. The van der Waals surface area contributed by atoms with Crippen molar-refractivity contribution in [2.75, 3.05) is 26.2 Å². The summed E-state index contributed by atoms with van der Waals surface area (Å²) in [5, 5.41) is 12.8. The molecule has 5 saturated carbocycles. The van der Waals surface area contributed by atoms with Gasteiger partial charge in [-0.05, 0) is 116 Å². The van der Waals surface area contributed by atoms with Gasteiger partial charge in [0.05, 0.1) is 18.3 Å². The molecule has 49 heavy (non-hydrogen) atoms. The van der Waals surface area contributed by atoms with E-state index < -0.39 is 22.3 Å². The van der Waals surface area contributed by atoms with Crippen LogP contribution in [0.4, 0.5) is 0 Å². The van der Waals surface area contributed by atoms with Gasteiger partial charge in [-0.15, -0.1) is 0 Å². The van der Waals surface area contributed by atoms with Gasteiger partial charge in [-0.2, -0.15) is 0 Å². The van der Waals surface area contributed by atoms with Crippen molar-refractivity contribution in [1.82, 2.24) is 10.2 Å². The number of hydrogen-bond donors (Lipinski definition) is 3. The lowest BCUT2D eigenvalue weighted by Gasteiger charge is -2.75. The minimum atomic E-state index is -0.904.